The Labute approximate surface area is 137 Å². The highest BCUT2D eigenvalue weighted by molar-refractivity contribution is 6.42. The molecule has 2 amide bonds. The van der Waals surface area contributed by atoms with Crippen LogP contribution in [0.4, 0.5) is 21.9 Å². The lowest BCUT2D eigenvalue weighted by Crippen LogP contribution is -2.51. The smallest absolute Gasteiger partial charge is 0.304 e. The molecular weight excluding hydrogens is 325 g/mol. The SMILES string of the molecule is CCc1ccc(N2C(=O)Nc3cc(Cl)c(Cl)cc3N2O)cc1. The van der Waals surface area contributed by atoms with Crippen molar-refractivity contribution in [3.63, 3.8) is 0 Å². The van der Waals surface area contributed by atoms with Crippen molar-refractivity contribution in [2.24, 2.45) is 0 Å². The van der Waals surface area contributed by atoms with E-state index in [1.54, 1.807) is 12.1 Å². The zero-order valence-electron chi connectivity index (χ0n) is 11.7. The number of rotatable bonds is 2. The first-order chi connectivity index (χ1) is 10.5. The molecule has 0 fully saturated rings. The highest BCUT2D eigenvalue weighted by atomic mass is 35.5. The summed E-state index contributed by atoms with van der Waals surface area (Å²) in [6.45, 7) is 2.04. The predicted molar refractivity (Wildman–Crippen MR) is 88.0 cm³/mol. The lowest BCUT2D eigenvalue weighted by atomic mass is 10.1. The van der Waals surface area contributed by atoms with Gasteiger partial charge in [-0.05, 0) is 36.2 Å². The van der Waals surface area contributed by atoms with Crippen LogP contribution in [-0.4, -0.2) is 11.2 Å². The molecule has 0 spiro atoms. The van der Waals surface area contributed by atoms with Crippen LogP contribution >= 0.6 is 23.2 Å². The number of hydrogen-bond acceptors (Lipinski definition) is 3. The molecule has 114 valence electrons. The number of hydrogen-bond donors (Lipinski definition) is 2. The molecular formula is C15H13Cl2N3O2. The van der Waals surface area contributed by atoms with Crippen molar-refractivity contribution < 1.29 is 10.0 Å². The number of urea groups is 1. The first kappa shape index (κ1) is 15.0. The molecule has 2 N–H and O–H groups in total. The van der Waals surface area contributed by atoms with Crippen molar-refractivity contribution in [1.29, 1.82) is 0 Å². The second kappa shape index (κ2) is 5.68. The van der Waals surface area contributed by atoms with Gasteiger partial charge in [0.25, 0.3) is 0 Å². The van der Waals surface area contributed by atoms with Crippen LogP contribution < -0.4 is 15.5 Å². The molecule has 22 heavy (non-hydrogen) atoms. The molecule has 0 unspecified atom stereocenters. The first-order valence-corrected chi connectivity index (χ1v) is 7.45. The summed E-state index contributed by atoms with van der Waals surface area (Å²) in [4.78, 5) is 12.3. The lowest BCUT2D eigenvalue weighted by molar-refractivity contribution is 0.221. The van der Waals surface area contributed by atoms with E-state index >= 15 is 0 Å². The summed E-state index contributed by atoms with van der Waals surface area (Å²) < 4.78 is 0. The Bertz CT molecular complexity index is 734. The van der Waals surface area contributed by atoms with Crippen molar-refractivity contribution in [2.75, 3.05) is 15.5 Å². The molecule has 1 heterocycles. The number of halogens is 2. The van der Waals surface area contributed by atoms with Crippen LogP contribution in [0.1, 0.15) is 12.5 Å². The van der Waals surface area contributed by atoms with E-state index in [2.05, 4.69) is 5.32 Å². The minimum absolute atomic E-state index is 0.289. The number of carbonyl (C=O) groups is 1. The van der Waals surface area contributed by atoms with E-state index in [9.17, 15) is 10.0 Å². The third-order valence-electron chi connectivity index (χ3n) is 3.47. The van der Waals surface area contributed by atoms with E-state index in [0.717, 1.165) is 22.2 Å². The largest absolute Gasteiger partial charge is 0.347 e. The Balaban J connectivity index is 2.02. The first-order valence-electron chi connectivity index (χ1n) is 6.69. The van der Waals surface area contributed by atoms with Crippen LogP contribution in [0.2, 0.25) is 10.0 Å². The maximum Gasteiger partial charge on any atom is 0.347 e. The number of hydrazine groups is 1. The Morgan fingerprint density at radius 2 is 1.77 bits per heavy atom. The highest BCUT2D eigenvalue weighted by Gasteiger charge is 2.31. The van der Waals surface area contributed by atoms with Gasteiger partial charge < -0.3 is 5.32 Å². The van der Waals surface area contributed by atoms with Gasteiger partial charge in [0, 0.05) is 0 Å². The molecule has 1 aliphatic heterocycles. The van der Waals surface area contributed by atoms with Gasteiger partial charge in [0.2, 0.25) is 0 Å². The van der Waals surface area contributed by atoms with Gasteiger partial charge in [-0.25, -0.2) is 4.79 Å². The van der Waals surface area contributed by atoms with E-state index in [1.165, 1.54) is 12.1 Å². The molecule has 1 aliphatic rings. The Morgan fingerprint density at radius 3 is 2.41 bits per heavy atom. The van der Waals surface area contributed by atoms with Gasteiger partial charge in [-0.2, -0.15) is 10.2 Å². The molecule has 0 saturated heterocycles. The third kappa shape index (κ3) is 2.47. The number of amides is 2. The topological polar surface area (TPSA) is 55.8 Å². The fourth-order valence-electron chi connectivity index (χ4n) is 2.26. The summed E-state index contributed by atoms with van der Waals surface area (Å²) in [6, 6.07) is 9.84. The summed E-state index contributed by atoms with van der Waals surface area (Å²) in [5.74, 6) is 0. The van der Waals surface area contributed by atoms with Crippen molar-refractivity contribution in [2.45, 2.75) is 13.3 Å². The Kier molecular flexibility index (Phi) is 3.87. The second-order valence-corrected chi connectivity index (χ2v) is 5.65. The Hall–Kier alpha value is -1.95. The fourth-order valence-corrected chi connectivity index (χ4v) is 2.58. The van der Waals surface area contributed by atoms with Crippen molar-refractivity contribution in [3.8, 4) is 0 Å². The molecule has 0 atom stereocenters. The summed E-state index contributed by atoms with van der Waals surface area (Å²) in [7, 11) is 0. The van der Waals surface area contributed by atoms with Crippen LogP contribution in [-0.2, 0) is 6.42 Å². The number of nitrogens with zero attached hydrogens (tertiary/aromatic N) is 2. The maximum atomic E-state index is 12.3. The quantitative estimate of drug-likeness (QED) is 0.833. The predicted octanol–water partition coefficient (Wildman–Crippen LogP) is 4.72. The molecule has 3 rings (SSSR count). The van der Waals surface area contributed by atoms with Gasteiger partial charge in [0.05, 0.1) is 21.4 Å². The summed E-state index contributed by atoms with van der Waals surface area (Å²) in [5, 5.41) is 15.5. The molecule has 0 aromatic heterocycles. The summed E-state index contributed by atoms with van der Waals surface area (Å²) in [5.41, 5.74) is 2.41. The van der Waals surface area contributed by atoms with Crippen molar-refractivity contribution in [1.82, 2.24) is 0 Å². The van der Waals surface area contributed by atoms with Crippen molar-refractivity contribution in [3.05, 3.63) is 52.0 Å². The van der Waals surface area contributed by atoms with Gasteiger partial charge in [0.15, 0.2) is 0 Å². The van der Waals surface area contributed by atoms with Gasteiger partial charge in [-0.15, -0.1) is 0 Å². The van der Waals surface area contributed by atoms with Crippen LogP contribution in [0.15, 0.2) is 36.4 Å². The van der Waals surface area contributed by atoms with E-state index in [-0.39, 0.29) is 5.02 Å². The molecule has 2 aromatic carbocycles. The molecule has 0 saturated carbocycles. The zero-order valence-corrected chi connectivity index (χ0v) is 13.2. The number of aryl methyl sites for hydroxylation is 1. The van der Waals surface area contributed by atoms with Crippen LogP contribution in [0.25, 0.3) is 0 Å². The number of nitrogens with one attached hydrogen (secondary N) is 1. The number of fused-ring (bicyclic) bond motifs is 1. The molecule has 0 aliphatic carbocycles. The third-order valence-corrected chi connectivity index (χ3v) is 4.19. The van der Waals surface area contributed by atoms with Crippen LogP contribution in [0, 0.1) is 0 Å². The average molecular weight is 338 g/mol. The molecule has 2 aromatic rings. The van der Waals surface area contributed by atoms with E-state index in [0.29, 0.717) is 22.1 Å². The monoisotopic (exact) mass is 337 g/mol. The molecule has 7 heteroatoms. The van der Waals surface area contributed by atoms with E-state index < -0.39 is 6.03 Å². The summed E-state index contributed by atoms with van der Waals surface area (Å²) >= 11 is 11.9. The van der Waals surface area contributed by atoms with E-state index in [4.69, 9.17) is 23.2 Å². The van der Waals surface area contributed by atoms with Gasteiger partial charge in [-0.1, -0.05) is 42.3 Å². The van der Waals surface area contributed by atoms with Crippen LogP contribution in [0.5, 0.6) is 0 Å². The second-order valence-electron chi connectivity index (χ2n) is 4.83. The Morgan fingerprint density at radius 1 is 1.14 bits per heavy atom. The van der Waals surface area contributed by atoms with Crippen molar-refractivity contribution >= 4 is 46.3 Å². The normalized spacial score (nSPS) is 13.9. The fraction of sp³-hybridized carbons (Fsp3) is 0.133. The molecule has 0 radical (unpaired) electrons. The zero-order chi connectivity index (χ0) is 15.9. The van der Waals surface area contributed by atoms with Gasteiger partial charge in [-0.3, -0.25) is 5.21 Å². The standard InChI is InChI=1S/C15H13Cl2N3O2/c1-2-9-3-5-10(6-4-9)19-15(21)18-13-7-11(16)12(17)8-14(13)20(19)22/h3-8,22H,2H2,1H3,(H,18,21). The highest BCUT2D eigenvalue weighted by Crippen LogP contribution is 2.38. The van der Waals surface area contributed by atoms with Gasteiger partial charge in [0.1, 0.15) is 5.69 Å². The number of benzene rings is 2. The van der Waals surface area contributed by atoms with Crippen LogP contribution in [0.3, 0.4) is 0 Å². The minimum Gasteiger partial charge on any atom is -0.304 e. The van der Waals surface area contributed by atoms with Gasteiger partial charge >= 0.3 is 6.03 Å². The molecule has 5 nitrogen and oxygen atoms in total. The van der Waals surface area contributed by atoms with E-state index in [1.807, 2.05) is 19.1 Å². The maximum absolute atomic E-state index is 12.3. The number of carbonyl (C=O) groups excluding carboxylic acids is 1. The molecule has 0 bridgehead atoms. The summed E-state index contributed by atoms with van der Waals surface area (Å²) in [6.07, 6.45) is 0.895. The lowest BCUT2D eigenvalue weighted by Gasteiger charge is -2.36. The average Bonchev–Trinajstić information content (AvgIpc) is 2.50. The number of anilines is 3. The minimum atomic E-state index is -0.488.